The Balaban J connectivity index is 1.80. The van der Waals surface area contributed by atoms with Gasteiger partial charge in [0.15, 0.2) is 10.7 Å². The number of hydrogen-bond acceptors (Lipinski definition) is 6. The fourth-order valence-corrected chi connectivity index (χ4v) is 3.12. The molecule has 0 amide bonds. The minimum Gasteiger partial charge on any atom is -0.497 e. The first-order valence-corrected chi connectivity index (χ1v) is 9.04. The van der Waals surface area contributed by atoms with Gasteiger partial charge < -0.3 is 4.74 Å². The number of rotatable bonds is 6. The van der Waals surface area contributed by atoms with Crippen LogP contribution >= 0.6 is 11.3 Å². The molecular formula is C20H18N4OS. The van der Waals surface area contributed by atoms with Crippen LogP contribution in [0.4, 0.5) is 5.69 Å². The molecule has 0 radical (unpaired) electrons. The van der Waals surface area contributed by atoms with E-state index < -0.39 is 0 Å². The van der Waals surface area contributed by atoms with Crippen LogP contribution in [-0.4, -0.2) is 17.8 Å². The van der Waals surface area contributed by atoms with Crippen molar-refractivity contribution in [1.29, 1.82) is 5.26 Å². The molecule has 0 aliphatic carbocycles. The molecule has 0 fully saturated rings. The Bertz CT molecular complexity index is 954. The molecule has 0 spiro atoms. The van der Waals surface area contributed by atoms with Crippen LogP contribution in [0.15, 0.2) is 59.0 Å². The van der Waals surface area contributed by atoms with Crippen LogP contribution in [0, 0.1) is 11.3 Å². The average molecular weight is 362 g/mol. The first-order valence-electron chi connectivity index (χ1n) is 8.16. The number of hydrogen-bond donors (Lipinski definition) is 1. The number of aryl methyl sites for hydroxylation is 1. The van der Waals surface area contributed by atoms with Crippen LogP contribution in [0.2, 0.25) is 0 Å². The van der Waals surface area contributed by atoms with Crippen molar-refractivity contribution in [1.82, 2.24) is 4.98 Å². The lowest BCUT2D eigenvalue weighted by atomic mass is 10.1. The quantitative estimate of drug-likeness (QED) is 0.509. The number of methoxy groups -OCH3 is 1. The van der Waals surface area contributed by atoms with Crippen molar-refractivity contribution in [2.75, 3.05) is 12.5 Å². The fraction of sp³-hybridized carbons (Fsp3) is 0.150. The van der Waals surface area contributed by atoms with Crippen molar-refractivity contribution in [2.45, 2.75) is 13.3 Å². The number of benzene rings is 2. The summed E-state index contributed by atoms with van der Waals surface area (Å²) >= 11 is 1.39. The molecule has 2 aromatic carbocycles. The lowest BCUT2D eigenvalue weighted by molar-refractivity contribution is 0.415. The van der Waals surface area contributed by atoms with E-state index in [-0.39, 0.29) is 5.71 Å². The lowest BCUT2D eigenvalue weighted by Crippen LogP contribution is -2.01. The third kappa shape index (κ3) is 4.08. The van der Waals surface area contributed by atoms with Gasteiger partial charge in [0.25, 0.3) is 0 Å². The Kier molecular flexibility index (Phi) is 5.62. The molecule has 5 nitrogen and oxygen atoms in total. The maximum atomic E-state index is 9.43. The largest absolute Gasteiger partial charge is 0.497 e. The zero-order chi connectivity index (χ0) is 18.4. The summed E-state index contributed by atoms with van der Waals surface area (Å²) in [6.45, 7) is 2.11. The number of nitrogens with zero attached hydrogens (tertiary/aromatic N) is 3. The van der Waals surface area contributed by atoms with Crippen molar-refractivity contribution in [3.8, 4) is 23.1 Å². The molecule has 26 heavy (non-hydrogen) atoms. The normalized spacial score (nSPS) is 11.0. The Hall–Kier alpha value is -3.17. The molecule has 0 aliphatic heterocycles. The summed E-state index contributed by atoms with van der Waals surface area (Å²) in [7, 11) is 1.63. The molecule has 1 N–H and O–H groups in total. The molecule has 6 heteroatoms. The number of anilines is 1. The second kappa shape index (κ2) is 8.28. The maximum absolute atomic E-state index is 9.43. The highest BCUT2D eigenvalue weighted by Gasteiger charge is 2.11. The van der Waals surface area contributed by atoms with Gasteiger partial charge >= 0.3 is 0 Å². The van der Waals surface area contributed by atoms with Crippen molar-refractivity contribution in [2.24, 2.45) is 5.10 Å². The van der Waals surface area contributed by atoms with E-state index in [9.17, 15) is 5.26 Å². The van der Waals surface area contributed by atoms with Crippen LogP contribution in [-0.2, 0) is 6.42 Å². The van der Waals surface area contributed by atoms with E-state index in [1.807, 2.05) is 53.9 Å². The highest BCUT2D eigenvalue weighted by Crippen LogP contribution is 2.25. The highest BCUT2D eigenvalue weighted by molar-refractivity contribution is 7.12. The van der Waals surface area contributed by atoms with Gasteiger partial charge in [0.05, 0.1) is 18.5 Å². The monoisotopic (exact) mass is 362 g/mol. The Morgan fingerprint density at radius 3 is 2.77 bits per heavy atom. The summed E-state index contributed by atoms with van der Waals surface area (Å²) in [5.41, 5.74) is 6.99. The summed E-state index contributed by atoms with van der Waals surface area (Å²) < 4.78 is 5.25. The van der Waals surface area contributed by atoms with Gasteiger partial charge in [-0.15, -0.1) is 11.3 Å². The number of nitrogens with one attached hydrogen (secondary N) is 1. The van der Waals surface area contributed by atoms with Crippen molar-refractivity contribution in [3.63, 3.8) is 0 Å². The Morgan fingerprint density at radius 1 is 1.27 bits per heavy atom. The summed E-state index contributed by atoms with van der Waals surface area (Å²) in [5, 5.41) is 16.1. The van der Waals surface area contributed by atoms with Gasteiger partial charge in [-0.3, -0.25) is 5.43 Å². The van der Waals surface area contributed by atoms with E-state index in [0.717, 1.165) is 29.1 Å². The predicted octanol–water partition coefficient (Wildman–Crippen LogP) is 4.72. The molecule has 1 heterocycles. The average Bonchev–Trinajstić information content (AvgIpc) is 3.19. The van der Waals surface area contributed by atoms with E-state index >= 15 is 0 Å². The Morgan fingerprint density at radius 2 is 2.08 bits per heavy atom. The van der Waals surface area contributed by atoms with Gasteiger partial charge in [-0.1, -0.05) is 31.2 Å². The molecule has 0 aliphatic rings. The molecule has 0 bridgehead atoms. The van der Waals surface area contributed by atoms with Gasteiger partial charge in [0.1, 0.15) is 11.8 Å². The summed E-state index contributed by atoms with van der Waals surface area (Å²) in [6.07, 6.45) is 0.985. The summed E-state index contributed by atoms with van der Waals surface area (Å²) in [5.74, 6) is 0.767. The number of ether oxygens (including phenoxy) is 1. The molecule has 0 unspecified atom stereocenters. The fourth-order valence-electron chi connectivity index (χ4n) is 2.35. The van der Waals surface area contributed by atoms with Gasteiger partial charge in [-0.05, 0) is 36.2 Å². The zero-order valence-electron chi connectivity index (χ0n) is 14.6. The molecular weight excluding hydrogens is 344 g/mol. The smallest absolute Gasteiger partial charge is 0.196 e. The first kappa shape index (κ1) is 17.6. The van der Waals surface area contributed by atoms with Crippen LogP contribution in [0.1, 0.15) is 17.5 Å². The van der Waals surface area contributed by atoms with E-state index in [1.54, 1.807) is 7.11 Å². The molecule has 3 rings (SSSR count). The van der Waals surface area contributed by atoms with E-state index in [1.165, 1.54) is 16.9 Å². The summed E-state index contributed by atoms with van der Waals surface area (Å²) in [4.78, 5) is 4.54. The predicted molar refractivity (Wildman–Crippen MR) is 106 cm³/mol. The highest BCUT2D eigenvalue weighted by atomic mass is 32.1. The van der Waals surface area contributed by atoms with Gasteiger partial charge in [0, 0.05) is 10.9 Å². The standard InChI is InChI=1S/C20H18N4OS/c1-3-14-7-9-16(10-8-14)23-24-18(12-21)20-22-19(13-26-20)15-5-4-6-17(11-15)25-2/h4-11,13,23H,3H2,1-2H3/b24-18+. The molecule has 3 aromatic rings. The maximum Gasteiger partial charge on any atom is 0.196 e. The Labute approximate surface area is 156 Å². The van der Waals surface area contributed by atoms with E-state index in [0.29, 0.717) is 5.01 Å². The molecule has 1 aromatic heterocycles. The van der Waals surface area contributed by atoms with Crippen LogP contribution in [0.25, 0.3) is 11.3 Å². The van der Waals surface area contributed by atoms with Crippen molar-refractivity contribution in [3.05, 3.63) is 64.5 Å². The van der Waals surface area contributed by atoms with Gasteiger partial charge in [-0.2, -0.15) is 10.4 Å². The third-order valence-electron chi connectivity index (χ3n) is 3.84. The van der Waals surface area contributed by atoms with E-state index in [2.05, 4.69) is 28.5 Å². The number of aromatic nitrogens is 1. The molecule has 0 saturated carbocycles. The van der Waals surface area contributed by atoms with Crippen molar-refractivity contribution >= 4 is 22.7 Å². The first-order chi connectivity index (χ1) is 12.7. The minimum atomic E-state index is 0.253. The van der Waals surface area contributed by atoms with Crippen LogP contribution in [0.5, 0.6) is 5.75 Å². The number of nitriles is 1. The van der Waals surface area contributed by atoms with Crippen LogP contribution in [0.3, 0.4) is 0 Å². The van der Waals surface area contributed by atoms with Gasteiger partial charge in [0.2, 0.25) is 0 Å². The van der Waals surface area contributed by atoms with Gasteiger partial charge in [-0.25, -0.2) is 4.98 Å². The number of thiazole rings is 1. The SMILES string of the molecule is CCc1ccc(N/N=C(\C#N)c2nc(-c3cccc(OC)c3)cs2)cc1. The second-order valence-corrected chi connectivity index (χ2v) is 6.36. The van der Waals surface area contributed by atoms with Crippen molar-refractivity contribution < 1.29 is 4.74 Å². The molecule has 130 valence electrons. The topological polar surface area (TPSA) is 70.3 Å². The summed E-state index contributed by atoms with van der Waals surface area (Å²) in [6, 6.07) is 17.7. The van der Waals surface area contributed by atoms with Crippen LogP contribution < -0.4 is 10.2 Å². The number of hydrazone groups is 1. The zero-order valence-corrected chi connectivity index (χ0v) is 15.4. The molecule has 0 saturated heterocycles. The van der Waals surface area contributed by atoms with E-state index in [4.69, 9.17) is 4.74 Å². The third-order valence-corrected chi connectivity index (χ3v) is 4.69. The second-order valence-electron chi connectivity index (χ2n) is 5.50. The molecule has 0 atom stereocenters. The minimum absolute atomic E-state index is 0.253. The lowest BCUT2D eigenvalue weighted by Gasteiger charge is -2.02.